The molecule has 1 saturated heterocycles. The second-order valence-electron chi connectivity index (χ2n) is 5.92. The fourth-order valence-electron chi connectivity index (χ4n) is 2.96. The Bertz CT molecular complexity index is 425. The average molecular weight is 278 g/mol. The van der Waals surface area contributed by atoms with Crippen LogP contribution in [-0.4, -0.2) is 41.8 Å². The van der Waals surface area contributed by atoms with E-state index in [9.17, 15) is 5.11 Å². The van der Waals surface area contributed by atoms with Crippen molar-refractivity contribution in [2.24, 2.45) is 11.7 Å². The van der Waals surface area contributed by atoms with Crippen LogP contribution in [0.3, 0.4) is 0 Å². The van der Waals surface area contributed by atoms with Gasteiger partial charge in [0.25, 0.3) is 0 Å². The predicted molar refractivity (Wildman–Crippen MR) is 80.7 cm³/mol. The highest BCUT2D eigenvalue weighted by molar-refractivity contribution is 5.32. The van der Waals surface area contributed by atoms with E-state index in [2.05, 4.69) is 18.7 Å². The smallest absolute Gasteiger partial charge is 0.123 e. The summed E-state index contributed by atoms with van der Waals surface area (Å²) in [7, 11) is 0. The van der Waals surface area contributed by atoms with Gasteiger partial charge in [0.05, 0.1) is 0 Å². The maximum atomic E-state index is 10.1. The Labute approximate surface area is 121 Å². The Morgan fingerprint density at radius 2 is 2.15 bits per heavy atom. The van der Waals surface area contributed by atoms with E-state index in [-0.39, 0.29) is 0 Å². The van der Waals surface area contributed by atoms with Gasteiger partial charge in [-0.15, -0.1) is 0 Å². The summed E-state index contributed by atoms with van der Waals surface area (Å²) in [4.78, 5) is 2.34. The van der Waals surface area contributed by atoms with E-state index in [1.807, 2.05) is 24.3 Å². The molecule has 1 heterocycles. The number of likely N-dealkylation sites (tertiary alicyclic amines) is 1. The number of nitrogens with zero attached hydrogens (tertiary/aromatic N) is 1. The molecule has 1 aliphatic heterocycles. The lowest BCUT2D eigenvalue weighted by Gasteiger charge is -2.24. The molecule has 3 N–H and O–H groups in total. The lowest BCUT2D eigenvalue weighted by molar-refractivity contribution is 0.0651. The molecular weight excluding hydrogens is 252 g/mol. The molecule has 0 amide bonds. The number of hydrogen-bond acceptors (Lipinski definition) is 4. The van der Waals surface area contributed by atoms with E-state index >= 15 is 0 Å². The quantitative estimate of drug-likeness (QED) is 0.830. The molecule has 1 aliphatic rings. The maximum absolute atomic E-state index is 10.1. The number of benzene rings is 1. The molecule has 1 aromatic rings. The number of aliphatic hydroxyl groups excluding tert-OH is 1. The van der Waals surface area contributed by atoms with Crippen molar-refractivity contribution in [3.63, 3.8) is 0 Å². The number of hydrogen-bond donors (Lipinski definition) is 2. The number of ether oxygens (including phenoxy) is 1. The minimum Gasteiger partial charge on any atom is -0.491 e. The minimum atomic E-state index is -0.464. The zero-order chi connectivity index (χ0) is 14.5. The Morgan fingerprint density at radius 1 is 1.40 bits per heavy atom. The molecule has 4 nitrogen and oxygen atoms in total. The van der Waals surface area contributed by atoms with Gasteiger partial charge in [0, 0.05) is 31.2 Å². The molecule has 2 rings (SSSR count). The molecule has 0 radical (unpaired) electrons. The topological polar surface area (TPSA) is 58.7 Å². The fourth-order valence-corrected chi connectivity index (χ4v) is 2.96. The Balaban J connectivity index is 1.81. The van der Waals surface area contributed by atoms with Crippen LogP contribution in [0.15, 0.2) is 24.3 Å². The van der Waals surface area contributed by atoms with Crippen molar-refractivity contribution in [3.8, 4) is 5.75 Å². The number of rotatable bonds is 6. The van der Waals surface area contributed by atoms with Gasteiger partial charge >= 0.3 is 0 Å². The van der Waals surface area contributed by atoms with Gasteiger partial charge in [-0.3, -0.25) is 4.90 Å². The molecular formula is C16H26N2O2. The predicted octanol–water partition coefficient (Wildman–Crippen LogP) is 1.62. The van der Waals surface area contributed by atoms with E-state index in [0.29, 0.717) is 25.7 Å². The van der Waals surface area contributed by atoms with Crippen molar-refractivity contribution in [3.05, 3.63) is 29.8 Å². The zero-order valence-corrected chi connectivity index (χ0v) is 12.5. The van der Waals surface area contributed by atoms with Gasteiger partial charge < -0.3 is 15.6 Å². The normalized spacial score (nSPS) is 24.8. The highest BCUT2D eigenvalue weighted by Crippen LogP contribution is 2.22. The molecule has 1 aromatic carbocycles. The Morgan fingerprint density at radius 3 is 2.80 bits per heavy atom. The van der Waals surface area contributed by atoms with Crippen molar-refractivity contribution >= 4 is 0 Å². The highest BCUT2D eigenvalue weighted by atomic mass is 16.5. The van der Waals surface area contributed by atoms with Gasteiger partial charge in [-0.05, 0) is 25.3 Å². The third kappa shape index (κ3) is 3.95. The summed E-state index contributed by atoms with van der Waals surface area (Å²) in [5.41, 5.74) is 6.65. The van der Waals surface area contributed by atoms with E-state index < -0.39 is 6.10 Å². The summed E-state index contributed by atoms with van der Waals surface area (Å²) in [5, 5.41) is 10.1. The molecule has 1 fully saturated rings. The van der Waals surface area contributed by atoms with Crippen LogP contribution >= 0.6 is 0 Å². The monoisotopic (exact) mass is 278 g/mol. The third-order valence-electron chi connectivity index (χ3n) is 3.98. The molecule has 112 valence electrons. The summed E-state index contributed by atoms with van der Waals surface area (Å²) in [6.07, 6.45) is 0.748. The second kappa shape index (κ2) is 7.07. The fraction of sp³-hybridized carbons (Fsp3) is 0.625. The summed E-state index contributed by atoms with van der Waals surface area (Å²) in [6.45, 7) is 6.99. The molecule has 3 unspecified atom stereocenters. The summed E-state index contributed by atoms with van der Waals surface area (Å²) in [5.74, 6) is 1.49. The molecule has 4 heteroatoms. The van der Waals surface area contributed by atoms with Crippen LogP contribution in [0, 0.1) is 5.92 Å². The van der Waals surface area contributed by atoms with Crippen LogP contribution in [-0.2, 0) is 6.54 Å². The first kappa shape index (κ1) is 15.3. The molecule has 0 aliphatic carbocycles. The Hall–Kier alpha value is -1.10. The van der Waals surface area contributed by atoms with Gasteiger partial charge in [-0.1, -0.05) is 25.1 Å². The van der Waals surface area contributed by atoms with Gasteiger partial charge in [0.1, 0.15) is 18.5 Å². The maximum Gasteiger partial charge on any atom is 0.123 e. The number of β-amino-alcohol motifs (C(OH)–C–C–N with tert-alkyl or cyclic N) is 1. The number of aliphatic hydroxyl groups is 1. The third-order valence-corrected chi connectivity index (χ3v) is 3.98. The van der Waals surface area contributed by atoms with Crippen LogP contribution in [0.5, 0.6) is 5.75 Å². The minimum absolute atomic E-state index is 0.314. The molecule has 0 spiro atoms. The van der Waals surface area contributed by atoms with Gasteiger partial charge in [0.2, 0.25) is 0 Å². The van der Waals surface area contributed by atoms with Crippen molar-refractivity contribution in [2.45, 2.75) is 39.0 Å². The Kier molecular flexibility index (Phi) is 5.40. The highest BCUT2D eigenvalue weighted by Gasteiger charge is 2.27. The molecule has 3 atom stereocenters. The van der Waals surface area contributed by atoms with Crippen molar-refractivity contribution in [2.75, 3.05) is 19.7 Å². The van der Waals surface area contributed by atoms with Gasteiger partial charge in [-0.2, -0.15) is 0 Å². The summed E-state index contributed by atoms with van der Waals surface area (Å²) < 4.78 is 5.71. The van der Waals surface area contributed by atoms with Crippen LogP contribution in [0.25, 0.3) is 0 Å². The summed E-state index contributed by atoms with van der Waals surface area (Å²) >= 11 is 0. The standard InChI is InChI=1S/C16H26N2O2/c1-12-7-13(2)18(9-12)10-15(19)11-20-16-6-4-3-5-14(16)8-17/h3-6,12-13,15,19H,7-11,17H2,1-2H3. The molecule has 0 aromatic heterocycles. The van der Waals surface area contributed by atoms with Crippen molar-refractivity contribution in [1.29, 1.82) is 0 Å². The van der Waals surface area contributed by atoms with Gasteiger partial charge in [-0.25, -0.2) is 0 Å². The molecule has 0 bridgehead atoms. The van der Waals surface area contributed by atoms with Crippen molar-refractivity contribution in [1.82, 2.24) is 4.90 Å². The van der Waals surface area contributed by atoms with Gasteiger partial charge in [0.15, 0.2) is 0 Å². The first-order valence-electron chi connectivity index (χ1n) is 7.43. The molecule has 20 heavy (non-hydrogen) atoms. The SMILES string of the molecule is CC1CC(C)N(CC(O)COc2ccccc2CN)C1. The molecule has 0 saturated carbocycles. The van der Waals surface area contributed by atoms with Crippen LogP contribution in [0.4, 0.5) is 0 Å². The van der Waals surface area contributed by atoms with E-state index in [1.54, 1.807) is 0 Å². The first-order chi connectivity index (χ1) is 9.60. The largest absolute Gasteiger partial charge is 0.491 e. The number of nitrogens with two attached hydrogens (primary N) is 1. The van der Waals surface area contributed by atoms with Crippen molar-refractivity contribution < 1.29 is 9.84 Å². The lowest BCUT2D eigenvalue weighted by Crippen LogP contribution is -2.37. The lowest BCUT2D eigenvalue weighted by atomic mass is 10.1. The van der Waals surface area contributed by atoms with E-state index in [0.717, 1.165) is 23.8 Å². The summed E-state index contributed by atoms with van der Waals surface area (Å²) in [6, 6.07) is 8.27. The first-order valence-corrected chi connectivity index (χ1v) is 7.43. The number of para-hydroxylation sites is 1. The van der Waals surface area contributed by atoms with E-state index in [4.69, 9.17) is 10.5 Å². The average Bonchev–Trinajstić information content (AvgIpc) is 2.75. The van der Waals surface area contributed by atoms with Crippen LogP contribution < -0.4 is 10.5 Å². The zero-order valence-electron chi connectivity index (χ0n) is 12.5. The second-order valence-corrected chi connectivity index (χ2v) is 5.92. The van der Waals surface area contributed by atoms with E-state index in [1.165, 1.54) is 6.42 Å². The van der Waals surface area contributed by atoms with Crippen LogP contribution in [0.2, 0.25) is 0 Å². The van der Waals surface area contributed by atoms with Crippen LogP contribution in [0.1, 0.15) is 25.8 Å².